The molecule has 0 aliphatic carbocycles. The van der Waals surface area contributed by atoms with Crippen LogP contribution in [0.15, 0.2) is 0 Å². The molecule has 0 aromatic carbocycles. The lowest BCUT2D eigenvalue weighted by molar-refractivity contribution is -0.129. The second-order valence-corrected chi connectivity index (χ2v) is 5.68. The van der Waals surface area contributed by atoms with Crippen LogP contribution >= 0.6 is 0 Å². The van der Waals surface area contributed by atoms with Gasteiger partial charge in [-0.1, -0.05) is 20.8 Å². The highest BCUT2D eigenvalue weighted by Crippen LogP contribution is 2.19. The summed E-state index contributed by atoms with van der Waals surface area (Å²) in [6.07, 6.45) is 3.39. The SMILES string of the molecule is CCC(C)(C)CNC1CCN(C(C)=O)CC1. The maximum atomic E-state index is 11.2. The Labute approximate surface area is 99.6 Å². The molecule has 0 atom stereocenters. The van der Waals surface area contributed by atoms with E-state index in [-0.39, 0.29) is 5.91 Å². The van der Waals surface area contributed by atoms with E-state index >= 15 is 0 Å². The molecule has 0 unspecified atom stereocenters. The van der Waals surface area contributed by atoms with Crippen LogP contribution in [0.4, 0.5) is 0 Å². The summed E-state index contributed by atoms with van der Waals surface area (Å²) in [5.74, 6) is 0.215. The fourth-order valence-electron chi connectivity index (χ4n) is 1.94. The van der Waals surface area contributed by atoms with E-state index in [1.165, 1.54) is 6.42 Å². The molecule has 1 saturated heterocycles. The molecule has 0 spiro atoms. The Morgan fingerprint density at radius 3 is 2.38 bits per heavy atom. The van der Waals surface area contributed by atoms with Crippen molar-refractivity contribution in [2.45, 2.75) is 53.0 Å². The van der Waals surface area contributed by atoms with Crippen molar-refractivity contribution in [1.82, 2.24) is 10.2 Å². The van der Waals surface area contributed by atoms with Crippen LogP contribution in [0.5, 0.6) is 0 Å². The normalized spacial score (nSPS) is 18.9. The fraction of sp³-hybridized carbons (Fsp3) is 0.923. The van der Waals surface area contributed by atoms with E-state index in [0.29, 0.717) is 11.5 Å². The topological polar surface area (TPSA) is 32.3 Å². The number of piperidine rings is 1. The van der Waals surface area contributed by atoms with Gasteiger partial charge in [-0.05, 0) is 24.7 Å². The molecule has 16 heavy (non-hydrogen) atoms. The minimum absolute atomic E-state index is 0.215. The summed E-state index contributed by atoms with van der Waals surface area (Å²) in [7, 11) is 0. The molecule has 94 valence electrons. The third-order valence-electron chi connectivity index (χ3n) is 3.77. The zero-order chi connectivity index (χ0) is 12.2. The summed E-state index contributed by atoms with van der Waals surface area (Å²) in [5.41, 5.74) is 0.387. The van der Waals surface area contributed by atoms with Crippen LogP contribution in [-0.4, -0.2) is 36.5 Å². The average molecular weight is 226 g/mol. The molecular formula is C13H26N2O. The van der Waals surface area contributed by atoms with E-state index < -0.39 is 0 Å². The fourth-order valence-corrected chi connectivity index (χ4v) is 1.94. The number of carbonyl (C=O) groups is 1. The van der Waals surface area contributed by atoms with Crippen LogP contribution in [0, 0.1) is 5.41 Å². The van der Waals surface area contributed by atoms with Gasteiger partial charge in [0.05, 0.1) is 0 Å². The third kappa shape index (κ3) is 4.12. The highest BCUT2D eigenvalue weighted by Gasteiger charge is 2.22. The molecule has 1 rings (SSSR count). The van der Waals surface area contributed by atoms with Crippen molar-refractivity contribution in [3.63, 3.8) is 0 Å². The molecule has 0 aromatic rings. The van der Waals surface area contributed by atoms with Crippen LogP contribution in [0.1, 0.15) is 47.0 Å². The number of rotatable bonds is 4. The number of hydrogen-bond donors (Lipinski definition) is 1. The van der Waals surface area contributed by atoms with E-state index in [9.17, 15) is 4.79 Å². The summed E-state index contributed by atoms with van der Waals surface area (Å²) in [6.45, 7) is 11.4. The maximum Gasteiger partial charge on any atom is 0.219 e. The first kappa shape index (κ1) is 13.5. The summed E-state index contributed by atoms with van der Waals surface area (Å²) in [6, 6.07) is 0.599. The van der Waals surface area contributed by atoms with Gasteiger partial charge in [-0.25, -0.2) is 0 Å². The molecule has 0 saturated carbocycles. The molecule has 1 aliphatic heterocycles. The van der Waals surface area contributed by atoms with Gasteiger partial charge in [0.15, 0.2) is 0 Å². The van der Waals surface area contributed by atoms with Gasteiger partial charge < -0.3 is 10.2 Å². The Morgan fingerprint density at radius 1 is 1.38 bits per heavy atom. The van der Waals surface area contributed by atoms with Crippen molar-refractivity contribution in [3.05, 3.63) is 0 Å². The Bertz CT molecular complexity index is 230. The Morgan fingerprint density at radius 2 is 1.94 bits per heavy atom. The summed E-state index contributed by atoms with van der Waals surface area (Å²) in [4.78, 5) is 13.1. The van der Waals surface area contributed by atoms with E-state index in [0.717, 1.165) is 32.5 Å². The van der Waals surface area contributed by atoms with Gasteiger partial charge in [-0.2, -0.15) is 0 Å². The molecule has 0 bridgehead atoms. The average Bonchev–Trinajstić information content (AvgIpc) is 2.27. The molecular weight excluding hydrogens is 200 g/mol. The van der Waals surface area contributed by atoms with Crippen molar-refractivity contribution >= 4 is 5.91 Å². The number of carbonyl (C=O) groups excluding carboxylic acids is 1. The smallest absolute Gasteiger partial charge is 0.219 e. The zero-order valence-corrected chi connectivity index (χ0v) is 11.2. The molecule has 1 amide bonds. The Hall–Kier alpha value is -0.570. The lowest BCUT2D eigenvalue weighted by Crippen LogP contribution is -2.46. The minimum Gasteiger partial charge on any atom is -0.343 e. The highest BCUT2D eigenvalue weighted by molar-refractivity contribution is 5.73. The standard InChI is InChI=1S/C13H26N2O/c1-5-13(3,4)10-14-12-6-8-15(9-7-12)11(2)16/h12,14H,5-10H2,1-4H3. The molecule has 3 nitrogen and oxygen atoms in total. The van der Waals surface area contributed by atoms with Crippen molar-refractivity contribution in [2.24, 2.45) is 5.41 Å². The van der Waals surface area contributed by atoms with E-state index in [1.54, 1.807) is 6.92 Å². The van der Waals surface area contributed by atoms with Crippen LogP contribution in [0.25, 0.3) is 0 Å². The number of nitrogens with one attached hydrogen (secondary N) is 1. The first-order chi connectivity index (χ1) is 7.44. The second-order valence-electron chi connectivity index (χ2n) is 5.68. The van der Waals surface area contributed by atoms with Crippen molar-refractivity contribution in [3.8, 4) is 0 Å². The van der Waals surface area contributed by atoms with Gasteiger partial charge in [0.2, 0.25) is 5.91 Å². The van der Waals surface area contributed by atoms with E-state index in [2.05, 4.69) is 26.1 Å². The Kier molecular flexibility index (Phi) is 4.78. The largest absolute Gasteiger partial charge is 0.343 e. The number of amides is 1. The summed E-state index contributed by atoms with van der Waals surface area (Å²) >= 11 is 0. The lowest BCUT2D eigenvalue weighted by atomic mass is 9.89. The summed E-state index contributed by atoms with van der Waals surface area (Å²) < 4.78 is 0. The van der Waals surface area contributed by atoms with Gasteiger partial charge in [0.1, 0.15) is 0 Å². The van der Waals surface area contributed by atoms with Gasteiger partial charge in [0, 0.05) is 32.6 Å². The highest BCUT2D eigenvalue weighted by atomic mass is 16.2. The molecule has 1 aliphatic rings. The second kappa shape index (κ2) is 5.67. The number of nitrogens with zero attached hydrogens (tertiary/aromatic N) is 1. The Balaban J connectivity index is 2.25. The molecule has 3 heteroatoms. The maximum absolute atomic E-state index is 11.2. The van der Waals surface area contributed by atoms with Gasteiger partial charge in [0.25, 0.3) is 0 Å². The van der Waals surface area contributed by atoms with Crippen molar-refractivity contribution in [2.75, 3.05) is 19.6 Å². The molecule has 0 radical (unpaired) electrons. The zero-order valence-electron chi connectivity index (χ0n) is 11.2. The number of hydrogen-bond acceptors (Lipinski definition) is 2. The van der Waals surface area contributed by atoms with Crippen LogP contribution in [-0.2, 0) is 4.79 Å². The minimum atomic E-state index is 0.215. The van der Waals surface area contributed by atoms with Crippen molar-refractivity contribution in [1.29, 1.82) is 0 Å². The molecule has 1 fully saturated rings. The van der Waals surface area contributed by atoms with E-state index in [4.69, 9.17) is 0 Å². The van der Waals surface area contributed by atoms with Crippen LogP contribution in [0.2, 0.25) is 0 Å². The first-order valence-electron chi connectivity index (χ1n) is 6.43. The van der Waals surface area contributed by atoms with Crippen LogP contribution in [0.3, 0.4) is 0 Å². The van der Waals surface area contributed by atoms with Crippen LogP contribution < -0.4 is 5.32 Å². The number of likely N-dealkylation sites (tertiary alicyclic amines) is 1. The molecule has 0 aromatic heterocycles. The molecule has 1 N–H and O–H groups in total. The molecule has 1 heterocycles. The first-order valence-corrected chi connectivity index (χ1v) is 6.43. The predicted octanol–water partition coefficient (Wildman–Crippen LogP) is 2.02. The predicted molar refractivity (Wildman–Crippen MR) is 67.4 cm³/mol. The van der Waals surface area contributed by atoms with Gasteiger partial charge in [-0.15, -0.1) is 0 Å². The summed E-state index contributed by atoms with van der Waals surface area (Å²) in [5, 5.41) is 3.63. The van der Waals surface area contributed by atoms with E-state index in [1.807, 2.05) is 4.90 Å². The third-order valence-corrected chi connectivity index (χ3v) is 3.77. The van der Waals surface area contributed by atoms with Gasteiger partial charge >= 0.3 is 0 Å². The monoisotopic (exact) mass is 226 g/mol. The van der Waals surface area contributed by atoms with Crippen molar-refractivity contribution < 1.29 is 4.79 Å². The quantitative estimate of drug-likeness (QED) is 0.795. The lowest BCUT2D eigenvalue weighted by Gasteiger charge is -2.34. The van der Waals surface area contributed by atoms with Gasteiger partial charge in [-0.3, -0.25) is 4.79 Å².